The number of nitrogens with zero attached hydrogens (tertiary/aromatic N) is 3. The minimum absolute atomic E-state index is 0.0635. The van der Waals surface area contributed by atoms with E-state index in [9.17, 15) is 18.0 Å². The Bertz CT molecular complexity index is 1070. The zero-order valence-electron chi connectivity index (χ0n) is 15.2. The number of alkyl halides is 3. The van der Waals surface area contributed by atoms with Gasteiger partial charge in [0.15, 0.2) is 11.4 Å². The van der Waals surface area contributed by atoms with Crippen LogP contribution in [0.2, 0.25) is 5.02 Å². The third-order valence-electron chi connectivity index (χ3n) is 4.12. The summed E-state index contributed by atoms with van der Waals surface area (Å²) in [6, 6.07) is 9.63. The molecule has 0 spiro atoms. The molecule has 29 heavy (non-hydrogen) atoms. The van der Waals surface area contributed by atoms with E-state index < -0.39 is 17.6 Å². The van der Waals surface area contributed by atoms with Crippen LogP contribution in [0.1, 0.15) is 16.1 Å². The van der Waals surface area contributed by atoms with Crippen molar-refractivity contribution >= 4 is 39.1 Å². The number of aromatic nitrogens is 2. The number of hydrogen-bond donors (Lipinski definition) is 0. The van der Waals surface area contributed by atoms with Gasteiger partial charge < -0.3 is 9.64 Å². The molecule has 3 aromatic rings. The Balaban J connectivity index is 1.99. The van der Waals surface area contributed by atoms with E-state index in [2.05, 4.69) is 21.0 Å². The zero-order chi connectivity index (χ0) is 21.3. The van der Waals surface area contributed by atoms with Crippen molar-refractivity contribution in [1.82, 2.24) is 9.78 Å². The maximum Gasteiger partial charge on any atom is 0.416 e. The third-order valence-corrected chi connectivity index (χ3v) is 4.91. The topological polar surface area (TPSA) is 47.4 Å². The summed E-state index contributed by atoms with van der Waals surface area (Å²) in [5.74, 6) is -0.413. The maximum atomic E-state index is 13.0. The number of ether oxygens (including phenoxy) is 1. The first-order valence-electron chi connectivity index (χ1n) is 8.16. The highest BCUT2D eigenvalue weighted by Gasteiger charge is 2.31. The molecule has 0 aliphatic rings. The summed E-state index contributed by atoms with van der Waals surface area (Å²) in [4.78, 5) is 14.2. The maximum absolute atomic E-state index is 13.0. The van der Waals surface area contributed by atoms with Crippen LogP contribution in [0, 0.1) is 0 Å². The molecule has 0 N–H and O–H groups in total. The molecule has 0 atom stereocenters. The van der Waals surface area contributed by atoms with E-state index in [-0.39, 0.29) is 17.1 Å². The molecule has 0 fully saturated rings. The second-order valence-electron chi connectivity index (χ2n) is 6.00. The molecule has 3 rings (SSSR count). The van der Waals surface area contributed by atoms with Crippen molar-refractivity contribution in [3.63, 3.8) is 0 Å². The lowest BCUT2D eigenvalue weighted by atomic mass is 10.2. The predicted molar refractivity (Wildman–Crippen MR) is 107 cm³/mol. The number of anilines is 1. The van der Waals surface area contributed by atoms with E-state index in [0.29, 0.717) is 10.7 Å². The van der Waals surface area contributed by atoms with Crippen molar-refractivity contribution in [1.29, 1.82) is 0 Å². The number of methoxy groups -OCH3 is 1. The van der Waals surface area contributed by atoms with Gasteiger partial charge in [-0.2, -0.15) is 18.3 Å². The normalized spacial score (nSPS) is 11.4. The highest BCUT2D eigenvalue weighted by molar-refractivity contribution is 9.10. The molecule has 2 aromatic carbocycles. The Hall–Kier alpha value is -2.52. The van der Waals surface area contributed by atoms with Gasteiger partial charge in [0.2, 0.25) is 0 Å². The lowest BCUT2D eigenvalue weighted by molar-refractivity contribution is -0.137. The van der Waals surface area contributed by atoms with Crippen LogP contribution in [0.25, 0.3) is 5.69 Å². The Morgan fingerprint density at radius 2 is 1.97 bits per heavy atom. The molecular weight excluding hydrogens is 475 g/mol. The zero-order valence-corrected chi connectivity index (χ0v) is 17.5. The van der Waals surface area contributed by atoms with Crippen LogP contribution in [0.4, 0.5) is 18.9 Å². The number of halogens is 5. The minimum Gasteiger partial charge on any atom is -0.493 e. The summed E-state index contributed by atoms with van der Waals surface area (Å²) in [6.45, 7) is 0. The number of benzene rings is 2. The number of rotatable bonds is 4. The lowest BCUT2D eigenvalue weighted by Crippen LogP contribution is -2.27. The first-order chi connectivity index (χ1) is 13.6. The number of carbonyl (C=O) groups excluding carboxylic acids is 1. The quantitative estimate of drug-likeness (QED) is 0.481. The van der Waals surface area contributed by atoms with Gasteiger partial charge in [0.1, 0.15) is 0 Å². The Morgan fingerprint density at radius 3 is 2.59 bits per heavy atom. The monoisotopic (exact) mass is 487 g/mol. The van der Waals surface area contributed by atoms with Gasteiger partial charge in [0.05, 0.1) is 35.3 Å². The van der Waals surface area contributed by atoms with Crippen molar-refractivity contribution < 1.29 is 22.7 Å². The van der Waals surface area contributed by atoms with E-state index in [4.69, 9.17) is 16.3 Å². The van der Waals surface area contributed by atoms with Crippen LogP contribution in [0.3, 0.4) is 0 Å². The van der Waals surface area contributed by atoms with Gasteiger partial charge in [-0.1, -0.05) is 33.6 Å². The molecule has 152 valence electrons. The molecule has 1 aromatic heterocycles. The molecule has 0 aliphatic heterocycles. The summed E-state index contributed by atoms with van der Waals surface area (Å²) in [5.41, 5.74) is -0.306. The highest BCUT2D eigenvalue weighted by atomic mass is 79.9. The fourth-order valence-electron chi connectivity index (χ4n) is 2.63. The van der Waals surface area contributed by atoms with Crippen LogP contribution >= 0.6 is 27.5 Å². The summed E-state index contributed by atoms with van der Waals surface area (Å²) in [7, 11) is 2.86. The van der Waals surface area contributed by atoms with E-state index in [0.717, 1.165) is 16.6 Å². The van der Waals surface area contributed by atoms with Crippen LogP contribution < -0.4 is 9.64 Å². The van der Waals surface area contributed by atoms with E-state index >= 15 is 0 Å². The summed E-state index contributed by atoms with van der Waals surface area (Å²) < 4.78 is 46.1. The Labute approximate surface area is 177 Å². The van der Waals surface area contributed by atoms with Crippen molar-refractivity contribution in [3.8, 4) is 11.4 Å². The number of amides is 1. The predicted octanol–water partition coefficient (Wildman–Crippen LogP) is 5.59. The smallest absolute Gasteiger partial charge is 0.416 e. The lowest BCUT2D eigenvalue weighted by Gasteiger charge is -2.18. The van der Waals surface area contributed by atoms with Crippen LogP contribution in [-0.2, 0) is 6.18 Å². The van der Waals surface area contributed by atoms with Gasteiger partial charge in [-0.25, -0.2) is 4.68 Å². The standard InChI is InChI=1S/C19H14BrClF3N3O2/c1-26(15-7-6-12(20)9-14(15)21)18(28)17-16(29-2)10-27(25-17)13-5-3-4-11(8-13)19(22,23)24/h3-10H,1-2H3. The SMILES string of the molecule is COc1cn(-c2cccc(C(F)(F)F)c2)nc1C(=O)N(C)c1ccc(Br)cc1Cl. The molecule has 0 saturated heterocycles. The Morgan fingerprint density at radius 1 is 1.24 bits per heavy atom. The van der Waals surface area contributed by atoms with Gasteiger partial charge >= 0.3 is 6.18 Å². The summed E-state index contributed by atoms with van der Waals surface area (Å²) >= 11 is 9.50. The molecule has 0 bridgehead atoms. The minimum atomic E-state index is -4.50. The van der Waals surface area contributed by atoms with E-state index in [1.165, 1.54) is 42.1 Å². The van der Waals surface area contributed by atoms with Gasteiger partial charge in [-0.05, 0) is 36.4 Å². The van der Waals surface area contributed by atoms with Crippen molar-refractivity contribution in [2.75, 3.05) is 19.1 Å². The van der Waals surface area contributed by atoms with Gasteiger partial charge in [-0.3, -0.25) is 4.79 Å². The van der Waals surface area contributed by atoms with Crippen LogP contribution in [0.15, 0.2) is 53.1 Å². The van der Waals surface area contributed by atoms with Crippen molar-refractivity contribution in [3.05, 3.63) is 69.4 Å². The largest absolute Gasteiger partial charge is 0.493 e. The molecule has 1 amide bonds. The van der Waals surface area contributed by atoms with E-state index in [1.807, 2.05) is 0 Å². The van der Waals surface area contributed by atoms with Crippen molar-refractivity contribution in [2.24, 2.45) is 0 Å². The molecule has 0 aliphatic carbocycles. The Kier molecular flexibility index (Phi) is 5.90. The molecule has 0 radical (unpaired) electrons. The molecule has 1 heterocycles. The first kappa shape index (κ1) is 21.2. The average molecular weight is 489 g/mol. The van der Waals surface area contributed by atoms with Crippen LogP contribution in [-0.4, -0.2) is 29.8 Å². The van der Waals surface area contributed by atoms with Gasteiger partial charge in [0, 0.05) is 11.5 Å². The second-order valence-corrected chi connectivity index (χ2v) is 7.32. The first-order valence-corrected chi connectivity index (χ1v) is 9.33. The number of hydrogen-bond acceptors (Lipinski definition) is 3. The van der Waals surface area contributed by atoms with Crippen LogP contribution in [0.5, 0.6) is 5.75 Å². The molecule has 0 saturated carbocycles. The highest BCUT2D eigenvalue weighted by Crippen LogP contribution is 2.32. The summed E-state index contributed by atoms with van der Waals surface area (Å²) in [6.07, 6.45) is -3.15. The number of carbonyl (C=O) groups is 1. The molecular formula is C19H14BrClF3N3O2. The van der Waals surface area contributed by atoms with E-state index in [1.54, 1.807) is 18.2 Å². The fraction of sp³-hybridized carbons (Fsp3) is 0.158. The average Bonchev–Trinajstić information content (AvgIpc) is 3.11. The fourth-order valence-corrected chi connectivity index (χ4v) is 3.43. The van der Waals surface area contributed by atoms with Gasteiger partial charge in [0.25, 0.3) is 5.91 Å². The summed E-state index contributed by atoms with van der Waals surface area (Å²) in [5, 5.41) is 4.49. The third kappa shape index (κ3) is 4.40. The molecule has 5 nitrogen and oxygen atoms in total. The molecule has 0 unspecified atom stereocenters. The molecule has 10 heteroatoms. The van der Waals surface area contributed by atoms with Crippen molar-refractivity contribution in [2.45, 2.75) is 6.18 Å². The van der Waals surface area contributed by atoms with Gasteiger partial charge in [-0.15, -0.1) is 0 Å². The second kappa shape index (κ2) is 8.08.